The molecule has 2 rings (SSSR count). The van der Waals surface area contributed by atoms with Crippen LogP contribution in [0.2, 0.25) is 0 Å². The van der Waals surface area contributed by atoms with Crippen molar-refractivity contribution in [3.63, 3.8) is 0 Å². The highest BCUT2D eigenvalue weighted by atomic mass is 32.2. The van der Waals surface area contributed by atoms with Crippen molar-refractivity contribution in [1.29, 1.82) is 0 Å². The third-order valence-corrected chi connectivity index (χ3v) is 5.85. The molecule has 2 heteroatoms. The minimum Gasteiger partial charge on any atom is -0.310 e. The van der Waals surface area contributed by atoms with E-state index in [1.54, 1.807) is 0 Å². The van der Waals surface area contributed by atoms with Crippen molar-refractivity contribution in [2.75, 3.05) is 5.75 Å². The van der Waals surface area contributed by atoms with E-state index in [9.17, 15) is 0 Å². The van der Waals surface area contributed by atoms with Crippen molar-refractivity contribution in [1.82, 2.24) is 5.32 Å². The van der Waals surface area contributed by atoms with Gasteiger partial charge in [-0.15, -0.1) is 0 Å². The summed E-state index contributed by atoms with van der Waals surface area (Å²) < 4.78 is 0. The summed E-state index contributed by atoms with van der Waals surface area (Å²) in [7, 11) is 0. The SMILES string of the molecule is CC1CCC(NC2CCCSC2C)C(C)C1. The van der Waals surface area contributed by atoms with E-state index < -0.39 is 0 Å². The third-order valence-electron chi connectivity index (χ3n) is 4.47. The minimum absolute atomic E-state index is 0.777. The highest BCUT2D eigenvalue weighted by Gasteiger charge is 2.29. The van der Waals surface area contributed by atoms with Gasteiger partial charge >= 0.3 is 0 Å². The van der Waals surface area contributed by atoms with Gasteiger partial charge in [0, 0.05) is 17.3 Å². The molecule has 2 fully saturated rings. The zero-order valence-corrected chi connectivity index (χ0v) is 11.9. The molecule has 16 heavy (non-hydrogen) atoms. The van der Waals surface area contributed by atoms with E-state index in [1.807, 2.05) is 0 Å². The quantitative estimate of drug-likeness (QED) is 0.791. The molecule has 1 nitrogen and oxygen atoms in total. The van der Waals surface area contributed by atoms with E-state index in [4.69, 9.17) is 0 Å². The van der Waals surface area contributed by atoms with Gasteiger partial charge in [0.15, 0.2) is 0 Å². The van der Waals surface area contributed by atoms with Crippen molar-refractivity contribution < 1.29 is 0 Å². The first kappa shape index (κ1) is 12.8. The average Bonchev–Trinajstić information content (AvgIpc) is 2.25. The molecule has 0 radical (unpaired) electrons. The second-order valence-electron chi connectivity index (χ2n) is 5.99. The van der Waals surface area contributed by atoms with Crippen LogP contribution in [0.15, 0.2) is 0 Å². The lowest BCUT2D eigenvalue weighted by atomic mass is 9.79. The fourth-order valence-corrected chi connectivity index (χ4v) is 4.48. The second-order valence-corrected chi connectivity index (χ2v) is 7.48. The molecule has 94 valence electrons. The minimum atomic E-state index is 0.777. The Balaban J connectivity index is 1.83. The van der Waals surface area contributed by atoms with Crippen LogP contribution in [0, 0.1) is 11.8 Å². The molecule has 1 saturated carbocycles. The van der Waals surface area contributed by atoms with Gasteiger partial charge in [-0.3, -0.25) is 0 Å². The van der Waals surface area contributed by atoms with Crippen LogP contribution < -0.4 is 5.32 Å². The van der Waals surface area contributed by atoms with Gasteiger partial charge in [0.1, 0.15) is 0 Å². The Hall–Kier alpha value is 0.310. The molecule has 0 spiro atoms. The lowest BCUT2D eigenvalue weighted by Crippen LogP contribution is -2.49. The number of thioether (sulfide) groups is 1. The molecule has 0 aromatic carbocycles. The Bertz CT molecular complexity index is 219. The van der Waals surface area contributed by atoms with Crippen LogP contribution in [-0.2, 0) is 0 Å². The van der Waals surface area contributed by atoms with Gasteiger partial charge in [-0.2, -0.15) is 11.8 Å². The Morgan fingerprint density at radius 1 is 1.00 bits per heavy atom. The number of hydrogen-bond acceptors (Lipinski definition) is 2. The first-order valence-electron chi connectivity index (χ1n) is 7.04. The number of rotatable bonds is 2. The Labute approximate surface area is 105 Å². The maximum atomic E-state index is 3.96. The molecule has 1 aliphatic carbocycles. The average molecular weight is 241 g/mol. The van der Waals surface area contributed by atoms with Crippen LogP contribution in [-0.4, -0.2) is 23.1 Å². The molecular formula is C14H27NS. The standard InChI is InChI=1S/C14H27NS/c1-10-6-7-13(11(2)9-10)15-14-5-4-8-16-12(14)3/h10-15H,4-9H2,1-3H3. The molecular weight excluding hydrogens is 214 g/mol. The largest absolute Gasteiger partial charge is 0.310 e. The molecule has 1 N–H and O–H groups in total. The van der Waals surface area contributed by atoms with E-state index in [0.717, 1.165) is 29.2 Å². The lowest BCUT2D eigenvalue weighted by molar-refractivity contribution is 0.209. The molecule has 5 atom stereocenters. The van der Waals surface area contributed by atoms with E-state index in [0.29, 0.717) is 0 Å². The zero-order valence-electron chi connectivity index (χ0n) is 11.0. The van der Waals surface area contributed by atoms with Crippen LogP contribution in [0.1, 0.15) is 52.9 Å². The fraction of sp³-hybridized carbons (Fsp3) is 1.00. The molecule has 5 unspecified atom stereocenters. The molecule has 0 aromatic rings. The summed E-state index contributed by atoms with van der Waals surface area (Å²) in [6, 6.07) is 1.57. The monoisotopic (exact) mass is 241 g/mol. The first-order chi connectivity index (χ1) is 7.66. The van der Waals surface area contributed by atoms with E-state index in [1.165, 1.54) is 37.9 Å². The highest BCUT2D eigenvalue weighted by molar-refractivity contribution is 7.99. The van der Waals surface area contributed by atoms with Gasteiger partial charge in [0.05, 0.1) is 0 Å². The van der Waals surface area contributed by atoms with E-state index >= 15 is 0 Å². The summed E-state index contributed by atoms with van der Waals surface area (Å²) in [6.45, 7) is 7.25. The van der Waals surface area contributed by atoms with Gasteiger partial charge < -0.3 is 5.32 Å². The maximum Gasteiger partial charge on any atom is 0.0186 e. The molecule has 1 saturated heterocycles. The normalized spacial score (nSPS) is 45.6. The molecule has 0 aromatic heterocycles. The smallest absolute Gasteiger partial charge is 0.0186 e. The summed E-state index contributed by atoms with van der Waals surface area (Å²) in [4.78, 5) is 0. The molecule has 1 heterocycles. The van der Waals surface area contributed by atoms with Crippen LogP contribution >= 0.6 is 11.8 Å². The van der Waals surface area contributed by atoms with E-state index in [-0.39, 0.29) is 0 Å². The molecule has 0 bridgehead atoms. The van der Waals surface area contributed by atoms with Crippen molar-refractivity contribution in [3.8, 4) is 0 Å². The fourth-order valence-electron chi connectivity index (χ4n) is 3.33. The van der Waals surface area contributed by atoms with Gasteiger partial charge in [-0.1, -0.05) is 20.8 Å². The van der Waals surface area contributed by atoms with E-state index in [2.05, 4.69) is 37.8 Å². The van der Waals surface area contributed by atoms with Crippen LogP contribution in [0.4, 0.5) is 0 Å². The number of hydrogen-bond donors (Lipinski definition) is 1. The highest BCUT2D eigenvalue weighted by Crippen LogP contribution is 2.31. The third kappa shape index (κ3) is 3.16. The molecule has 1 aliphatic heterocycles. The molecule has 2 aliphatic rings. The Morgan fingerprint density at radius 2 is 1.81 bits per heavy atom. The Kier molecular flexibility index (Phi) is 4.60. The summed E-state index contributed by atoms with van der Waals surface area (Å²) in [5.74, 6) is 3.20. The topological polar surface area (TPSA) is 12.0 Å². The van der Waals surface area contributed by atoms with Crippen LogP contribution in [0.3, 0.4) is 0 Å². The van der Waals surface area contributed by atoms with Gasteiger partial charge in [-0.25, -0.2) is 0 Å². The lowest BCUT2D eigenvalue weighted by Gasteiger charge is -2.39. The maximum absolute atomic E-state index is 3.96. The molecule has 0 amide bonds. The van der Waals surface area contributed by atoms with Crippen molar-refractivity contribution >= 4 is 11.8 Å². The van der Waals surface area contributed by atoms with Crippen LogP contribution in [0.25, 0.3) is 0 Å². The summed E-state index contributed by atoms with van der Waals surface area (Å²) in [6.07, 6.45) is 7.05. The second kappa shape index (κ2) is 5.77. The van der Waals surface area contributed by atoms with Gasteiger partial charge in [0.25, 0.3) is 0 Å². The summed E-state index contributed by atoms with van der Waals surface area (Å²) in [5.41, 5.74) is 0. The zero-order chi connectivity index (χ0) is 11.5. The first-order valence-corrected chi connectivity index (χ1v) is 8.09. The Morgan fingerprint density at radius 3 is 2.50 bits per heavy atom. The van der Waals surface area contributed by atoms with Crippen molar-refractivity contribution in [2.45, 2.75) is 70.2 Å². The van der Waals surface area contributed by atoms with Gasteiger partial charge in [0.2, 0.25) is 0 Å². The van der Waals surface area contributed by atoms with Gasteiger partial charge in [-0.05, 0) is 49.7 Å². The summed E-state index contributed by atoms with van der Waals surface area (Å²) >= 11 is 2.15. The van der Waals surface area contributed by atoms with Crippen LogP contribution in [0.5, 0.6) is 0 Å². The predicted molar refractivity (Wildman–Crippen MR) is 74.0 cm³/mol. The van der Waals surface area contributed by atoms with Crippen molar-refractivity contribution in [3.05, 3.63) is 0 Å². The number of nitrogens with one attached hydrogen (secondary N) is 1. The predicted octanol–water partition coefficient (Wildman–Crippen LogP) is 3.68. The van der Waals surface area contributed by atoms with Crippen molar-refractivity contribution in [2.24, 2.45) is 11.8 Å². The summed E-state index contributed by atoms with van der Waals surface area (Å²) in [5, 5.41) is 4.78.